The Morgan fingerprint density at radius 3 is 3.00 bits per heavy atom. The van der Waals surface area contributed by atoms with Crippen molar-refractivity contribution in [3.63, 3.8) is 0 Å². The molecule has 1 unspecified atom stereocenters. The minimum Gasteiger partial charge on any atom is -0.381 e. The monoisotopic (exact) mass is 254 g/mol. The molecular weight excluding hydrogens is 240 g/mol. The topological polar surface area (TPSA) is 24.9 Å². The maximum absolute atomic E-state index is 4.15. The van der Waals surface area contributed by atoms with E-state index in [1.165, 1.54) is 0 Å². The molecule has 1 heterocycles. The van der Waals surface area contributed by atoms with Gasteiger partial charge in [-0.05, 0) is 47.8 Å². The summed E-state index contributed by atoms with van der Waals surface area (Å²) in [5.41, 5.74) is 1.06. The summed E-state index contributed by atoms with van der Waals surface area (Å²) < 4.78 is 0.863. The average Bonchev–Trinajstić information content (AvgIpc) is 2.18. The predicted octanol–water partition coefficient (Wildman–Crippen LogP) is 3.61. The quantitative estimate of drug-likeness (QED) is 0.642. The van der Waals surface area contributed by atoms with E-state index in [0.29, 0.717) is 6.04 Å². The van der Waals surface area contributed by atoms with Gasteiger partial charge in [-0.3, -0.25) is 0 Å². The fourth-order valence-electron chi connectivity index (χ4n) is 1.19. The van der Waals surface area contributed by atoms with Gasteiger partial charge >= 0.3 is 0 Å². The van der Waals surface area contributed by atoms with Crippen molar-refractivity contribution < 1.29 is 0 Å². The van der Waals surface area contributed by atoms with Gasteiger partial charge in [0.25, 0.3) is 0 Å². The number of nitrogens with zero attached hydrogens (tertiary/aromatic N) is 1. The van der Waals surface area contributed by atoms with Crippen molar-refractivity contribution in [1.29, 1.82) is 0 Å². The van der Waals surface area contributed by atoms with Gasteiger partial charge in [-0.15, -0.1) is 6.58 Å². The molecule has 1 aromatic heterocycles. The van der Waals surface area contributed by atoms with Gasteiger partial charge in [-0.2, -0.15) is 0 Å². The molecule has 0 fully saturated rings. The van der Waals surface area contributed by atoms with Crippen LogP contribution in [0.1, 0.15) is 19.8 Å². The fourth-order valence-corrected chi connectivity index (χ4v) is 1.42. The highest BCUT2D eigenvalue weighted by Crippen LogP contribution is 2.12. The van der Waals surface area contributed by atoms with Crippen LogP contribution in [0.25, 0.3) is 0 Å². The second kappa shape index (κ2) is 5.81. The van der Waals surface area contributed by atoms with Crippen LogP contribution >= 0.6 is 15.9 Å². The Morgan fingerprint density at radius 1 is 1.64 bits per heavy atom. The normalized spacial score (nSPS) is 12.1. The molecule has 0 amide bonds. The van der Waals surface area contributed by atoms with E-state index in [4.69, 9.17) is 0 Å². The molecule has 1 aromatic rings. The van der Waals surface area contributed by atoms with Crippen LogP contribution in [0.5, 0.6) is 0 Å². The van der Waals surface area contributed by atoms with Crippen LogP contribution in [-0.2, 0) is 0 Å². The third-order valence-corrected chi connectivity index (χ3v) is 2.41. The van der Waals surface area contributed by atoms with Gasteiger partial charge in [-0.1, -0.05) is 6.08 Å². The van der Waals surface area contributed by atoms with E-state index in [0.717, 1.165) is 23.1 Å². The molecule has 2 nitrogen and oxygen atoms in total. The third kappa shape index (κ3) is 3.92. The number of allylic oxidation sites excluding steroid dienone is 1. The van der Waals surface area contributed by atoms with Crippen molar-refractivity contribution in [2.24, 2.45) is 0 Å². The van der Waals surface area contributed by atoms with Gasteiger partial charge in [0.1, 0.15) is 4.60 Å². The molecule has 14 heavy (non-hydrogen) atoms. The lowest BCUT2D eigenvalue weighted by Crippen LogP contribution is -2.14. The zero-order valence-corrected chi connectivity index (χ0v) is 9.92. The molecular formula is C11H15BrN2. The maximum Gasteiger partial charge on any atom is 0.106 e. The van der Waals surface area contributed by atoms with Crippen molar-refractivity contribution in [2.75, 3.05) is 5.32 Å². The number of hydrogen-bond acceptors (Lipinski definition) is 2. The van der Waals surface area contributed by atoms with E-state index < -0.39 is 0 Å². The van der Waals surface area contributed by atoms with E-state index in [-0.39, 0.29) is 0 Å². The maximum atomic E-state index is 4.15. The first-order valence-electron chi connectivity index (χ1n) is 4.71. The number of hydrogen-bond donors (Lipinski definition) is 1. The lowest BCUT2D eigenvalue weighted by atomic mass is 10.2. The molecule has 0 bridgehead atoms. The summed E-state index contributed by atoms with van der Waals surface area (Å²) in [6, 6.07) is 4.40. The first-order valence-corrected chi connectivity index (χ1v) is 5.50. The fraction of sp³-hybridized carbons (Fsp3) is 0.364. The van der Waals surface area contributed by atoms with Crippen molar-refractivity contribution in [2.45, 2.75) is 25.8 Å². The molecule has 0 saturated carbocycles. The summed E-state index contributed by atoms with van der Waals surface area (Å²) >= 11 is 3.30. The number of rotatable bonds is 5. The standard InChI is InChI=1S/C11H15BrN2/c1-3-4-5-9(2)14-10-6-7-11(12)13-8-10/h3,6-9,14H,1,4-5H2,2H3. The Kier molecular flexibility index (Phi) is 4.66. The zero-order valence-electron chi connectivity index (χ0n) is 8.33. The van der Waals surface area contributed by atoms with Crippen LogP contribution in [0.2, 0.25) is 0 Å². The van der Waals surface area contributed by atoms with E-state index in [2.05, 4.69) is 39.7 Å². The molecule has 1 rings (SSSR count). The molecule has 0 aliphatic carbocycles. The van der Waals surface area contributed by atoms with E-state index in [1.54, 1.807) is 0 Å². The van der Waals surface area contributed by atoms with Crippen LogP contribution in [0.4, 0.5) is 5.69 Å². The molecule has 76 valence electrons. The predicted molar refractivity (Wildman–Crippen MR) is 64.5 cm³/mol. The average molecular weight is 255 g/mol. The smallest absolute Gasteiger partial charge is 0.106 e. The van der Waals surface area contributed by atoms with Crippen molar-refractivity contribution in [3.8, 4) is 0 Å². The molecule has 0 aliphatic rings. The Labute approximate surface area is 93.6 Å². The van der Waals surface area contributed by atoms with E-state index in [9.17, 15) is 0 Å². The number of halogens is 1. The Hall–Kier alpha value is -0.830. The second-order valence-electron chi connectivity index (χ2n) is 3.28. The summed E-state index contributed by atoms with van der Waals surface area (Å²) in [6.07, 6.45) is 5.91. The van der Waals surface area contributed by atoms with Crippen LogP contribution in [-0.4, -0.2) is 11.0 Å². The first kappa shape index (κ1) is 11.2. The highest BCUT2D eigenvalue weighted by Gasteiger charge is 2.00. The highest BCUT2D eigenvalue weighted by molar-refractivity contribution is 9.10. The van der Waals surface area contributed by atoms with Gasteiger partial charge in [-0.25, -0.2) is 4.98 Å². The summed E-state index contributed by atoms with van der Waals surface area (Å²) in [5, 5.41) is 3.37. The summed E-state index contributed by atoms with van der Waals surface area (Å²) in [4.78, 5) is 4.15. The Morgan fingerprint density at radius 2 is 2.43 bits per heavy atom. The summed E-state index contributed by atoms with van der Waals surface area (Å²) in [7, 11) is 0. The van der Waals surface area contributed by atoms with Crippen LogP contribution in [0.15, 0.2) is 35.6 Å². The lowest BCUT2D eigenvalue weighted by Gasteiger charge is -2.13. The Balaban J connectivity index is 2.43. The zero-order chi connectivity index (χ0) is 10.4. The molecule has 0 aromatic carbocycles. The Bertz CT molecular complexity index is 282. The molecule has 0 spiro atoms. The first-order chi connectivity index (χ1) is 6.72. The van der Waals surface area contributed by atoms with Crippen molar-refractivity contribution in [3.05, 3.63) is 35.6 Å². The van der Waals surface area contributed by atoms with E-state index >= 15 is 0 Å². The van der Waals surface area contributed by atoms with Gasteiger partial charge in [0.2, 0.25) is 0 Å². The molecule has 0 aliphatic heterocycles. The van der Waals surface area contributed by atoms with Gasteiger partial charge in [0, 0.05) is 6.04 Å². The van der Waals surface area contributed by atoms with Crippen LogP contribution in [0.3, 0.4) is 0 Å². The third-order valence-electron chi connectivity index (χ3n) is 1.94. The minimum absolute atomic E-state index is 0.455. The summed E-state index contributed by atoms with van der Waals surface area (Å²) in [6.45, 7) is 5.86. The number of pyridine rings is 1. The SMILES string of the molecule is C=CCCC(C)Nc1ccc(Br)nc1. The number of nitrogens with one attached hydrogen (secondary N) is 1. The largest absolute Gasteiger partial charge is 0.381 e. The molecule has 0 saturated heterocycles. The van der Waals surface area contributed by atoms with Crippen molar-refractivity contribution >= 4 is 21.6 Å². The van der Waals surface area contributed by atoms with Gasteiger partial charge < -0.3 is 5.32 Å². The molecule has 3 heteroatoms. The second-order valence-corrected chi connectivity index (χ2v) is 4.09. The highest BCUT2D eigenvalue weighted by atomic mass is 79.9. The molecule has 0 radical (unpaired) electrons. The van der Waals surface area contributed by atoms with E-state index in [1.807, 2.05) is 24.4 Å². The lowest BCUT2D eigenvalue weighted by molar-refractivity contribution is 0.718. The minimum atomic E-state index is 0.455. The summed E-state index contributed by atoms with van der Waals surface area (Å²) in [5.74, 6) is 0. The van der Waals surface area contributed by atoms with Crippen molar-refractivity contribution in [1.82, 2.24) is 4.98 Å². The number of anilines is 1. The number of aromatic nitrogens is 1. The van der Waals surface area contributed by atoms with Crippen LogP contribution in [0, 0.1) is 0 Å². The molecule has 1 atom stereocenters. The van der Waals surface area contributed by atoms with Gasteiger partial charge in [0.05, 0.1) is 11.9 Å². The van der Waals surface area contributed by atoms with Crippen LogP contribution < -0.4 is 5.32 Å². The van der Waals surface area contributed by atoms with Gasteiger partial charge in [0.15, 0.2) is 0 Å². The molecule has 1 N–H and O–H groups in total.